The molecule has 0 aliphatic heterocycles. The van der Waals surface area contributed by atoms with Gasteiger partial charge in [0.15, 0.2) is 0 Å². The summed E-state index contributed by atoms with van der Waals surface area (Å²) in [4.78, 5) is 0.119. The predicted octanol–water partition coefficient (Wildman–Crippen LogP) is 1.85. The number of aliphatic hydroxyl groups excluding tert-OH is 1. The number of hydrogen-bond acceptors (Lipinski definition) is 1. The molecule has 1 fully saturated rings. The topological polar surface area (TPSA) is 20.2 Å². The van der Waals surface area contributed by atoms with Crippen molar-refractivity contribution in [1.82, 2.24) is 0 Å². The molecule has 10 heavy (non-hydrogen) atoms. The molecule has 0 spiro atoms. The first-order valence-corrected chi connectivity index (χ1v) is 4.56. The van der Waals surface area contributed by atoms with Crippen molar-refractivity contribution in [1.29, 1.82) is 0 Å². The summed E-state index contributed by atoms with van der Waals surface area (Å²) in [5.74, 6) is 0. The van der Waals surface area contributed by atoms with Gasteiger partial charge in [-0.2, -0.15) is 0 Å². The van der Waals surface area contributed by atoms with Crippen LogP contribution in [0.4, 0.5) is 4.39 Å². The first kappa shape index (κ1) is 8.75. The van der Waals surface area contributed by atoms with Crippen molar-refractivity contribution in [3.05, 3.63) is 0 Å². The first-order valence-electron chi connectivity index (χ1n) is 3.21. The molecule has 4 unspecified atom stereocenters. The van der Waals surface area contributed by atoms with Crippen LogP contribution in [0.5, 0.6) is 0 Å². The maximum absolute atomic E-state index is 12.7. The van der Waals surface area contributed by atoms with E-state index in [9.17, 15) is 4.39 Å². The summed E-state index contributed by atoms with van der Waals surface area (Å²) in [5.41, 5.74) is 0. The molecule has 1 rings (SSSR count). The molecule has 0 radical (unpaired) electrons. The Morgan fingerprint density at radius 2 is 2.10 bits per heavy atom. The van der Waals surface area contributed by atoms with Gasteiger partial charge in [-0.3, -0.25) is 0 Å². The largest absolute Gasteiger partial charge is 0.389 e. The van der Waals surface area contributed by atoms with Crippen LogP contribution in [0.2, 0.25) is 0 Å². The summed E-state index contributed by atoms with van der Waals surface area (Å²) in [6.07, 6.45) is -1.14. The van der Waals surface area contributed by atoms with Crippen LogP contribution in [-0.2, 0) is 0 Å². The van der Waals surface area contributed by atoms with Gasteiger partial charge < -0.3 is 5.11 Å². The standard InChI is InChI=1S/C6H9BrClFO/c7-3-1-4(8)6(10)5(9)2-3/h3-6,10H,1-2H2. The van der Waals surface area contributed by atoms with Crippen LogP contribution in [-0.4, -0.2) is 27.6 Å². The molecule has 4 atom stereocenters. The van der Waals surface area contributed by atoms with Gasteiger partial charge in [0, 0.05) is 4.83 Å². The van der Waals surface area contributed by atoms with Gasteiger partial charge in [-0.1, -0.05) is 15.9 Å². The van der Waals surface area contributed by atoms with E-state index >= 15 is 0 Å². The van der Waals surface area contributed by atoms with E-state index in [1.165, 1.54) is 0 Å². The van der Waals surface area contributed by atoms with Crippen LogP contribution in [0, 0.1) is 0 Å². The smallest absolute Gasteiger partial charge is 0.128 e. The maximum Gasteiger partial charge on any atom is 0.128 e. The Morgan fingerprint density at radius 1 is 1.50 bits per heavy atom. The van der Waals surface area contributed by atoms with Gasteiger partial charge in [-0.25, -0.2) is 4.39 Å². The van der Waals surface area contributed by atoms with E-state index in [2.05, 4.69) is 15.9 Å². The van der Waals surface area contributed by atoms with Gasteiger partial charge in [0.1, 0.15) is 12.3 Å². The van der Waals surface area contributed by atoms with E-state index in [-0.39, 0.29) is 4.83 Å². The molecule has 1 aliphatic rings. The zero-order valence-corrected chi connectivity index (χ0v) is 7.65. The number of halogens is 3. The minimum absolute atomic E-state index is 0.119. The fourth-order valence-corrected chi connectivity index (χ4v) is 2.44. The Kier molecular flexibility index (Phi) is 2.95. The van der Waals surface area contributed by atoms with Crippen molar-refractivity contribution in [2.45, 2.75) is 35.3 Å². The lowest BCUT2D eigenvalue weighted by Crippen LogP contribution is -2.39. The van der Waals surface area contributed by atoms with Gasteiger partial charge in [0.25, 0.3) is 0 Å². The molecule has 0 aromatic carbocycles. The second-order valence-corrected chi connectivity index (χ2v) is 4.45. The molecule has 1 saturated carbocycles. The Morgan fingerprint density at radius 3 is 2.60 bits per heavy atom. The van der Waals surface area contributed by atoms with Crippen molar-refractivity contribution < 1.29 is 9.50 Å². The van der Waals surface area contributed by atoms with Crippen LogP contribution in [0.1, 0.15) is 12.8 Å². The number of aliphatic hydroxyl groups is 1. The van der Waals surface area contributed by atoms with Crippen molar-refractivity contribution in [3.63, 3.8) is 0 Å². The fourth-order valence-electron chi connectivity index (χ4n) is 1.09. The Labute approximate surface area is 72.7 Å². The number of rotatable bonds is 0. The molecule has 0 amide bonds. The third-order valence-corrected chi connectivity index (χ3v) is 2.89. The highest BCUT2D eigenvalue weighted by Gasteiger charge is 2.34. The lowest BCUT2D eigenvalue weighted by Gasteiger charge is -2.29. The average Bonchev–Trinajstić information content (AvgIpc) is 1.82. The van der Waals surface area contributed by atoms with E-state index in [4.69, 9.17) is 16.7 Å². The van der Waals surface area contributed by atoms with E-state index in [0.29, 0.717) is 12.8 Å². The molecule has 1 aliphatic carbocycles. The van der Waals surface area contributed by atoms with Gasteiger partial charge >= 0.3 is 0 Å². The zero-order valence-electron chi connectivity index (χ0n) is 5.30. The molecule has 1 N–H and O–H groups in total. The number of alkyl halides is 3. The molecular formula is C6H9BrClFO. The van der Waals surface area contributed by atoms with Crippen LogP contribution in [0.25, 0.3) is 0 Å². The third-order valence-electron chi connectivity index (χ3n) is 1.70. The normalized spacial score (nSPS) is 49.2. The highest BCUT2D eigenvalue weighted by molar-refractivity contribution is 9.09. The van der Waals surface area contributed by atoms with Gasteiger partial charge in [0.2, 0.25) is 0 Å². The van der Waals surface area contributed by atoms with Gasteiger partial charge in [-0.05, 0) is 12.8 Å². The summed E-state index contributed by atoms with van der Waals surface area (Å²) < 4.78 is 12.7. The predicted molar refractivity (Wildman–Crippen MR) is 42.5 cm³/mol. The number of hydrogen-bond donors (Lipinski definition) is 1. The van der Waals surface area contributed by atoms with Crippen LogP contribution in [0.15, 0.2) is 0 Å². The minimum Gasteiger partial charge on any atom is -0.389 e. The quantitative estimate of drug-likeness (QED) is 0.631. The molecule has 0 aromatic heterocycles. The SMILES string of the molecule is OC1C(F)CC(Br)CC1Cl. The first-order chi connectivity index (χ1) is 4.61. The van der Waals surface area contributed by atoms with Gasteiger partial charge in [0.05, 0.1) is 5.38 Å². The van der Waals surface area contributed by atoms with E-state index in [1.54, 1.807) is 0 Å². The summed E-state index contributed by atoms with van der Waals surface area (Å²) in [5, 5.41) is 8.60. The van der Waals surface area contributed by atoms with Gasteiger partial charge in [-0.15, -0.1) is 11.6 Å². The fraction of sp³-hybridized carbons (Fsp3) is 1.00. The van der Waals surface area contributed by atoms with Crippen molar-refractivity contribution >= 4 is 27.5 Å². The molecular weight excluding hydrogens is 222 g/mol. The molecule has 0 aromatic rings. The van der Waals surface area contributed by atoms with Crippen LogP contribution >= 0.6 is 27.5 Å². The van der Waals surface area contributed by atoms with E-state index < -0.39 is 17.7 Å². The van der Waals surface area contributed by atoms with Crippen LogP contribution < -0.4 is 0 Å². The lowest BCUT2D eigenvalue weighted by molar-refractivity contribution is 0.0503. The summed E-state index contributed by atoms with van der Waals surface area (Å²) in [6, 6.07) is 0. The summed E-state index contributed by atoms with van der Waals surface area (Å²) in [7, 11) is 0. The Bertz CT molecular complexity index is 112. The average molecular weight is 231 g/mol. The van der Waals surface area contributed by atoms with Crippen molar-refractivity contribution in [3.8, 4) is 0 Å². The highest BCUT2D eigenvalue weighted by atomic mass is 79.9. The molecule has 0 heterocycles. The monoisotopic (exact) mass is 230 g/mol. The molecule has 1 nitrogen and oxygen atoms in total. The minimum atomic E-state index is -1.17. The third kappa shape index (κ3) is 1.83. The Hall–Kier alpha value is 0.660. The molecule has 0 bridgehead atoms. The molecule has 0 saturated heterocycles. The zero-order chi connectivity index (χ0) is 7.72. The maximum atomic E-state index is 12.7. The second-order valence-electron chi connectivity index (χ2n) is 2.59. The lowest BCUT2D eigenvalue weighted by atomic mass is 9.95. The Balaban J connectivity index is 2.49. The molecule has 4 heteroatoms. The van der Waals surface area contributed by atoms with Crippen molar-refractivity contribution in [2.75, 3.05) is 0 Å². The van der Waals surface area contributed by atoms with E-state index in [1.807, 2.05) is 0 Å². The highest BCUT2D eigenvalue weighted by Crippen LogP contribution is 2.30. The summed E-state index contributed by atoms with van der Waals surface area (Å²) >= 11 is 8.90. The van der Waals surface area contributed by atoms with Crippen LogP contribution in [0.3, 0.4) is 0 Å². The summed E-state index contributed by atoms with van der Waals surface area (Å²) in [6.45, 7) is 0. The van der Waals surface area contributed by atoms with E-state index in [0.717, 1.165) is 0 Å². The second kappa shape index (κ2) is 3.37. The van der Waals surface area contributed by atoms with Crippen molar-refractivity contribution in [2.24, 2.45) is 0 Å². The molecule has 60 valence electrons.